The van der Waals surface area contributed by atoms with E-state index >= 15 is 0 Å². The lowest BCUT2D eigenvalue weighted by atomic mass is 10.1. The number of hydrogen-bond donors (Lipinski definition) is 1. The highest BCUT2D eigenvalue weighted by Gasteiger charge is 2.30. The van der Waals surface area contributed by atoms with Crippen LogP contribution in [0.1, 0.15) is 36.9 Å². The molecule has 1 N–H and O–H groups in total. The predicted molar refractivity (Wildman–Crippen MR) is 104 cm³/mol. The first kappa shape index (κ1) is 18.3. The molecular weight excluding hydrogens is 324 g/mol. The highest BCUT2D eigenvalue weighted by molar-refractivity contribution is 5.74. The maximum atomic E-state index is 12.8. The van der Waals surface area contributed by atoms with Crippen LogP contribution in [-0.2, 0) is 6.42 Å². The van der Waals surface area contributed by atoms with E-state index in [1.54, 1.807) is 7.11 Å². The van der Waals surface area contributed by atoms with Crippen molar-refractivity contribution in [2.24, 2.45) is 5.92 Å². The van der Waals surface area contributed by atoms with Gasteiger partial charge in [0.15, 0.2) is 0 Å². The Morgan fingerprint density at radius 2 is 1.85 bits per heavy atom. The molecule has 1 aliphatic rings. The second-order valence-electron chi connectivity index (χ2n) is 6.98. The third-order valence-electron chi connectivity index (χ3n) is 5.03. The topological polar surface area (TPSA) is 41.6 Å². The molecule has 0 aliphatic heterocycles. The van der Waals surface area contributed by atoms with Gasteiger partial charge in [-0.05, 0) is 49.3 Å². The number of ether oxygens (including phenoxy) is 1. The Balaban J connectivity index is 1.60. The van der Waals surface area contributed by atoms with Crippen LogP contribution < -0.4 is 10.1 Å². The number of amides is 2. The van der Waals surface area contributed by atoms with Gasteiger partial charge in [0.25, 0.3) is 0 Å². The number of nitrogens with one attached hydrogen (secondary N) is 1. The molecule has 0 radical (unpaired) electrons. The van der Waals surface area contributed by atoms with Crippen LogP contribution >= 0.6 is 0 Å². The molecule has 0 aromatic heterocycles. The highest BCUT2D eigenvalue weighted by atomic mass is 16.5. The fourth-order valence-electron chi connectivity index (χ4n) is 3.22. The van der Waals surface area contributed by atoms with Gasteiger partial charge in [0.1, 0.15) is 5.75 Å². The zero-order chi connectivity index (χ0) is 18.4. The maximum absolute atomic E-state index is 12.8. The number of carbonyl (C=O) groups excluding carboxylic acids is 1. The summed E-state index contributed by atoms with van der Waals surface area (Å²) >= 11 is 0. The molecule has 1 fully saturated rings. The van der Waals surface area contributed by atoms with Gasteiger partial charge in [-0.2, -0.15) is 0 Å². The molecule has 1 saturated carbocycles. The number of methoxy groups -OCH3 is 1. The smallest absolute Gasteiger partial charge is 0.317 e. The monoisotopic (exact) mass is 352 g/mol. The van der Waals surface area contributed by atoms with Gasteiger partial charge >= 0.3 is 6.03 Å². The average Bonchev–Trinajstić information content (AvgIpc) is 3.51. The van der Waals surface area contributed by atoms with E-state index in [1.165, 1.54) is 18.4 Å². The Labute approximate surface area is 156 Å². The summed E-state index contributed by atoms with van der Waals surface area (Å²) in [4.78, 5) is 14.8. The summed E-state index contributed by atoms with van der Waals surface area (Å²) < 4.78 is 5.38. The number of nitrogens with zero attached hydrogens (tertiary/aromatic N) is 1. The van der Waals surface area contributed by atoms with Crippen LogP contribution in [0.2, 0.25) is 0 Å². The summed E-state index contributed by atoms with van der Waals surface area (Å²) in [6.45, 7) is 3.54. The minimum Gasteiger partial charge on any atom is -0.496 e. The third kappa shape index (κ3) is 4.78. The molecule has 4 nitrogen and oxygen atoms in total. The van der Waals surface area contributed by atoms with Crippen LogP contribution in [0.5, 0.6) is 5.75 Å². The average molecular weight is 352 g/mol. The van der Waals surface area contributed by atoms with E-state index in [4.69, 9.17) is 4.74 Å². The van der Waals surface area contributed by atoms with Crippen LogP contribution in [0, 0.1) is 5.92 Å². The van der Waals surface area contributed by atoms with E-state index < -0.39 is 0 Å². The normalized spacial score (nSPS) is 14.5. The minimum absolute atomic E-state index is 0.0168. The number of urea groups is 1. The second kappa shape index (κ2) is 8.75. The molecule has 2 aromatic rings. The van der Waals surface area contributed by atoms with Gasteiger partial charge in [-0.25, -0.2) is 4.79 Å². The van der Waals surface area contributed by atoms with Crippen molar-refractivity contribution < 1.29 is 9.53 Å². The number of hydrogen-bond acceptors (Lipinski definition) is 2. The van der Waals surface area contributed by atoms with Gasteiger partial charge in [-0.15, -0.1) is 0 Å². The maximum Gasteiger partial charge on any atom is 0.317 e. The van der Waals surface area contributed by atoms with Crippen LogP contribution in [-0.4, -0.2) is 31.1 Å². The molecular formula is C22H28N2O2. The quantitative estimate of drug-likeness (QED) is 0.764. The molecule has 1 aliphatic carbocycles. The van der Waals surface area contributed by atoms with Crippen molar-refractivity contribution in [3.63, 3.8) is 0 Å². The lowest BCUT2D eigenvalue weighted by Crippen LogP contribution is -2.43. The molecule has 0 heterocycles. The Bertz CT molecular complexity index is 713. The number of rotatable bonds is 8. The Morgan fingerprint density at radius 3 is 2.54 bits per heavy atom. The van der Waals surface area contributed by atoms with Crippen LogP contribution in [0.15, 0.2) is 54.6 Å². The fourth-order valence-corrected chi connectivity index (χ4v) is 3.22. The lowest BCUT2D eigenvalue weighted by molar-refractivity contribution is 0.176. The lowest BCUT2D eigenvalue weighted by Gasteiger charge is -2.30. The largest absolute Gasteiger partial charge is 0.496 e. The Morgan fingerprint density at radius 1 is 1.15 bits per heavy atom. The first-order valence-corrected chi connectivity index (χ1v) is 9.40. The van der Waals surface area contributed by atoms with Crippen molar-refractivity contribution in [2.75, 3.05) is 20.2 Å². The van der Waals surface area contributed by atoms with Crippen LogP contribution in [0.25, 0.3) is 0 Å². The summed E-state index contributed by atoms with van der Waals surface area (Å²) in [5.74, 6) is 1.52. The van der Waals surface area contributed by atoms with Crippen molar-refractivity contribution in [1.82, 2.24) is 10.2 Å². The fraction of sp³-hybridized carbons (Fsp3) is 0.409. The summed E-state index contributed by atoms with van der Waals surface area (Å²) in [6, 6.07) is 18.3. The Kier molecular flexibility index (Phi) is 6.16. The molecule has 2 amide bonds. The molecule has 0 bridgehead atoms. The van der Waals surface area contributed by atoms with Crippen LogP contribution in [0.4, 0.5) is 4.79 Å². The van der Waals surface area contributed by atoms with Gasteiger partial charge in [-0.3, -0.25) is 0 Å². The Hall–Kier alpha value is -2.49. The molecule has 3 rings (SSSR count). The summed E-state index contributed by atoms with van der Waals surface area (Å²) in [6.07, 6.45) is 3.21. The van der Waals surface area contributed by atoms with Gasteiger partial charge in [-0.1, -0.05) is 48.5 Å². The highest BCUT2D eigenvalue weighted by Crippen LogP contribution is 2.32. The number of benzene rings is 2. The molecule has 26 heavy (non-hydrogen) atoms. The molecule has 0 saturated heterocycles. The number of carbonyl (C=O) groups is 1. The molecule has 1 unspecified atom stereocenters. The van der Waals surface area contributed by atoms with Crippen molar-refractivity contribution in [3.8, 4) is 5.75 Å². The van der Waals surface area contributed by atoms with E-state index in [-0.39, 0.29) is 12.1 Å². The van der Waals surface area contributed by atoms with Crippen molar-refractivity contribution >= 4 is 6.03 Å². The summed E-state index contributed by atoms with van der Waals surface area (Å²) in [5, 5.41) is 3.10. The van der Waals surface area contributed by atoms with Crippen molar-refractivity contribution in [3.05, 3.63) is 65.7 Å². The van der Waals surface area contributed by atoms with Gasteiger partial charge in [0, 0.05) is 13.1 Å². The summed E-state index contributed by atoms with van der Waals surface area (Å²) in [5.41, 5.74) is 2.29. The molecule has 0 spiro atoms. The first-order chi connectivity index (χ1) is 12.7. The standard InChI is InChI=1S/C22H28N2O2/c1-17(19-8-4-3-5-9-19)24(16-18-12-13-18)22(25)23-15-14-20-10-6-7-11-21(20)26-2/h3-11,17-18H,12-16H2,1-2H3,(H,23,25). The third-order valence-corrected chi connectivity index (χ3v) is 5.03. The van der Waals surface area contributed by atoms with Gasteiger partial charge in [0.05, 0.1) is 13.2 Å². The molecule has 138 valence electrons. The molecule has 2 aromatic carbocycles. The van der Waals surface area contributed by atoms with E-state index in [0.29, 0.717) is 12.5 Å². The zero-order valence-corrected chi connectivity index (χ0v) is 15.7. The number of para-hydroxylation sites is 1. The van der Waals surface area contributed by atoms with E-state index in [2.05, 4.69) is 24.4 Å². The zero-order valence-electron chi connectivity index (χ0n) is 15.7. The summed E-state index contributed by atoms with van der Waals surface area (Å²) in [7, 11) is 1.68. The second-order valence-corrected chi connectivity index (χ2v) is 6.98. The minimum atomic E-state index is 0.0168. The van der Waals surface area contributed by atoms with E-state index in [0.717, 1.165) is 24.3 Å². The van der Waals surface area contributed by atoms with Gasteiger partial charge in [0.2, 0.25) is 0 Å². The first-order valence-electron chi connectivity index (χ1n) is 9.40. The van der Waals surface area contributed by atoms with Crippen molar-refractivity contribution in [2.45, 2.75) is 32.2 Å². The van der Waals surface area contributed by atoms with Gasteiger partial charge < -0.3 is 15.0 Å². The molecule has 1 atom stereocenters. The van der Waals surface area contributed by atoms with E-state index in [1.807, 2.05) is 47.4 Å². The van der Waals surface area contributed by atoms with Crippen LogP contribution in [0.3, 0.4) is 0 Å². The predicted octanol–water partition coefficient (Wildman–Crippen LogP) is 4.42. The SMILES string of the molecule is COc1ccccc1CCNC(=O)N(CC1CC1)C(C)c1ccccc1. The van der Waals surface area contributed by atoms with Crippen molar-refractivity contribution in [1.29, 1.82) is 0 Å². The van der Waals surface area contributed by atoms with E-state index in [9.17, 15) is 4.79 Å². The molecule has 4 heteroatoms.